The summed E-state index contributed by atoms with van der Waals surface area (Å²) in [5.41, 5.74) is 4.21. The van der Waals surface area contributed by atoms with Crippen LogP contribution < -0.4 is 0 Å². The van der Waals surface area contributed by atoms with E-state index in [1.54, 1.807) is 6.92 Å². The molecular weight excluding hydrogens is 392 g/mol. The van der Waals surface area contributed by atoms with Crippen LogP contribution in [0.25, 0.3) is 5.52 Å². The lowest BCUT2D eigenvalue weighted by molar-refractivity contribution is 0.0617. The summed E-state index contributed by atoms with van der Waals surface area (Å²) in [5, 5.41) is 11.0. The van der Waals surface area contributed by atoms with E-state index in [-0.39, 0.29) is 11.5 Å². The molecule has 0 amide bonds. The first-order valence-electron chi connectivity index (χ1n) is 9.44. The zero-order valence-corrected chi connectivity index (χ0v) is 17.6. The molecule has 1 aliphatic rings. The molecule has 0 saturated carbocycles. The third-order valence-electron chi connectivity index (χ3n) is 5.87. The molecule has 0 spiro atoms. The minimum absolute atomic E-state index is 0.141. The van der Waals surface area contributed by atoms with Crippen LogP contribution in [0.5, 0.6) is 0 Å². The Hall–Kier alpha value is -2.49. The van der Waals surface area contributed by atoms with Gasteiger partial charge < -0.3 is 9.51 Å². The van der Waals surface area contributed by atoms with E-state index >= 15 is 0 Å². The minimum atomic E-state index is -3.75. The average Bonchev–Trinajstić information content (AvgIpc) is 3.21. The first kappa shape index (κ1) is 19.8. The molecule has 0 saturated heterocycles. The van der Waals surface area contributed by atoms with Crippen LogP contribution in [-0.4, -0.2) is 51.1 Å². The van der Waals surface area contributed by atoms with Crippen LogP contribution >= 0.6 is 0 Å². The zero-order chi connectivity index (χ0) is 21.1. The number of Topliss-reactive ketones (excluding diaryl/α,β-unsaturated/α-hetero) is 1. The molecule has 1 aliphatic carbocycles. The van der Waals surface area contributed by atoms with Gasteiger partial charge in [-0.3, -0.25) is 4.79 Å². The Kier molecular flexibility index (Phi) is 4.64. The van der Waals surface area contributed by atoms with Gasteiger partial charge in [-0.05, 0) is 49.9 Å². The van der Waals surface area contributed by atoms with E-state index in [4.69, 9.17) is 0 Å². The minimum Gasteiger partial charge on any atom is -0.386 e. The average molecular weight is 417 g/mol. The molecule has 154 valence electrons. The number of carbonyl (C=O) groups excluding carboxylic acids is 1. The van der Waals surface area contributed by atoms with E-state index in [1.807, 2.05) is 35.7 Å². The molecular formula is C20H24N4O4S. The fourth-order valence-electron chi connectivity index (χ4n) is 4.20. The number of nitrogens with zero attached hydrogens (tertiary/aromatic N) is 4. The number of aliphatic hydroxyl groups excluding tert-OH is 1. The van der Waals surface area contributed by atoms with Crippen molar-refractivity contribution in [1.29, 1.82) is 0 Å². The maximum absolute atomic E-state index is 13.3. The molecule has 0 radical (unpaired) electrons. The molecule has 4 rings (SSSR count). The Balaban J connectivity index is 1.74. The second-order valence-corrected chi connectivity index (χ2v) is 9.68. The fraction of sp³-hybridized carbons (Fsp3) is 0.400. The molecule has 0 fully saturated rings. The Morgan fingerprint density at radius 1 is 1.28 bits per heavy atom. The van der Waals surface area contributed by atoms with Gasteiger partial charge in [0, 0.05) is 25.8 Å². The summed E-state index contributed by atoms with van der Waals surface area (Å²) in [6.45, 7) is 3.60. The van der Waals surface area contributed by atoms with Crippen LogP contribution in [0, 0.1) is 19.8 Å². The standard InChI is InChI=1S/C20H24N4O4S/c1-12-14-8-9-15(20(26)18(14)23-10-6-5-7-16(12)23)19(25)17-13(2)24(11-21-17)29(27,28)22(3)4/h5-7,10-11,15,19,25H,8-9H2,1-4H3. The van der Waals surface area contributed by atoms with Crippen molar-refractivity contribution < 1.29 is 18.3 Å². The molecule has 3 heterocycles. The van der Waals surface area contributed by atoms with Crippen LogP contribution in [0.2, 0.25) is 0 Å². The van der Waals surface area contributed by atoms with Gasteiger partial charge in [-0.15, -0.1) is 0 Å². The summed E-state index contributed by atoms with van der Waals surface area (Å²) in [4.78, 5) is 17.5. The van der Waals surface area contributed by atoms with Crippen molar-refractivity contribution in [1.82, 2.24) is 17.7 Å². The number of fused-ring (bicyclic) bond motifs is 3. The Bertz CT molecular complexity index is 1220. The maximum Gasteiger partial charge on any atom is 0.308 e. The van der Waals surface area contributed by atoms with Crippen molar-refractivity contribution in [3.05, 3.63) is 58.9 Å². The van der Waals surface area contributed by atoms with Gasteiger partial charge in [0.05, 0.1) is 23.0 Å². The molecule has 0 aromatic carbocycles. The van der Waals surface area contributed by atoms with E-state index < -0.39 is 22.2 Å². The summed E-state index contributed by atoms with van der Waals surface area (Å²) in [6, 6.07) is 5.79. The molecule has 2 atom stereocenters. The number of imidazole rings is 1. The molecule has 8 nitrogen and oxygen atoms in total. The first-order valence-corrected chi connectivity index (χ1v) is 10.8. The Morgan fingerprint density at radius 2 is 2.00 bits per heavy atom. The highest BCUT2D eigenvalue weighted by Crippen LogP contribution is 2.38. The lowest BCUT2D eigenvalue weighted by atomic mass is 9.81. The van der Waals surface area contributed by atoms with Gasteiger partial charge in [0.1, 0.15) is 12.4 Å². The fourth-order valence-corrected chi connectivity index (χ4v) is 5.16. The van der Waals surface area contributed by atoms with Gasteiger partial charge in [0.2, 0.25) is 0 Å². The predicted molar refractivity (Wildman–Crippen MR) is 108 cm³/mol. The number of aliphatic hydroxyl groups is 1. The number of hydrogen-bond donors (Lipinski definition) is 1. The van der Waals surface area contributed by atoms with Crippen LogP contribution in [0.3, 0.4) is 0 Å². The summed E-state index contributed by atoms with van der Waals surface area (Å²) in [5.74, 6) is -0.818. The molecule has 3 aromatic rings. The zero-order valence-electron chi connectivity index (χ0n) is 16.8. The summed E-state index contributed by atoms with van der Waals surface area (Å²) >= 11 is 0. The van der Waals surface area contributed by atoms with E-state index in [0.29, 0.717) is 24.2 Å². The molecule has 0 aliphatic heterocycles. The second-order valence-electron chi connectivity index (χ2n) is 7.66. The summed E-state index contributed by atoms with van der Waals surface area (Å²) in [6.07, 6.45) is 3.02. The molecule has 1 N–H and O–H groups in total. The first-order chi connectivity index (χ1) is 13.7. The van der Waals surface area contributed by atoms with Gasteiger partial charge in [0.15, 0.2) is 5.78 Å². The van der Waals surface area contributed by atoms with E-state index in [1.165, 1.54) is 20.4 Å². The maximum atomic E-state index is 13.3. The highest BCUT2D eigenvalue weighted by atomic mass is 32.2. The van der Waals surface area contributed by atoms with E-state index in [0.717, 1.165) is 24.9 Å². The largest absolute Gasteiger partial charge is 0.386 e. The summed E-state index contributed by atoms with van der Waals surface area (Å²) in [7, 11) is -0.896. The number of ketones is 1. The van der Waals surface area contributed by atoms with Crippen molar-refractivity contribution >= 4 is 21.5 Å². The van der Waals surface area contributed by atoms with Crippen LogP contribution in [0.4, 0.5) is 0 Å². The van der Waals surface area contributed by atoms with Crippen molar-refractivity contribution in [2.24, 2.45) is 5.92 Å². The SMILES string of the molecule is Cc1c2c(n3ccccc13)C(=O)C(C(O)c1ncn(S(=O)(=O)N(C)C)c1C)CC2. The quantitative estimate of drug-likeness (QED) is 0.701. The normalized spacial score (nSPS) is 18.4. The molecule has 9 heteroatoms. The second kappa shape index (κ2) is 6.79. The molecule has 29 heavy (non-hydrogen) atoms. The van der Waals surface area contributed by atoms with E-state index in [2.05, 4.69) is 4.98 Å². The third-order valence-corrected chi connectivity index (χ3v) is 7.66. The van der Waals surface area contributed by atoms with Gasteiger partial charge in [-0.1, -0.05) is 6.07 Å². The number of carbonyl (C=O) groups is 1. The number of hydrogen-bond acceptors (Lipinski definition) is 5. The molecule has 2 unspecified atom stereocenters. The highest BCUT2D eigenvalue weighted by Gasteiger charge is 2.38. The molecule has 3 aromatic heterocycles. The topological polar surface area (TPSA) is 96.9 Å². The number of pyridine rings is 1. The van der Waals surface area contributed by atoms with Gasteiger partial charge in [-0.2, -0.15) is 12.7 Å². The van der Waals surface area contributed by atoms with Gasteiger partial charge in [0.25, 0.3) is 0 Å². The highest BCUT2D eigenvalue weighted by molar-refractivity contribution is 7.87. The van der Waals surface area contributed by atoms with Gasteiger partial charge in [-0.25, -0.2) is 8.96 Å². The smallest absolute Gasteiger partial charge is 0.308 e. The van der Waals surface area contributed by atoms with Crippen molar-refractivity contribution in [3.8, 4) is 0 Å². The van der Waals surface area contributed by atoms with Crippen molar-refractivity contribution in [2.45, 2.75) is 32.8 Å². The number of aryl methyl sites for hydroxylation is 1. The number of aromatic nitrogens is 3. The van der Waals surface area contributed by atoms with Crippen molar-refractivity contribution in [2.75, 3.05) is 14.1 Å². The third kappa shape index (κ3) is 2.84. The Morgan fingerprint density at radius 3 is 2.69 bits per heavy atom. The number of rotatable bonds is 4. The van der Waals surface area contributed by atoms with Crippen LogP contribution in [-0.2, 0) is 16.6 Å². The van der Waals surface area contributed by atoms with Crippen molar-refractivity contribution in [3.63, 3.8) is 0 Å². The van der Waals surface area contributed by atoms with Crippen LogP contribution in [0.15, 0.2) is 30.7 Å². The lowest BCUT2D eigenvalue weighted by Crippen LogP contribution is -2.31. The Labute approximate surface area is 169 Å². The van der Waals surface area contributed by atoms with Crippen LogP contribution in [0.1, 0.15) is 45.5 Å². The van der Waals surface area contributed by atoms with Gasteiger partial charge >= 0.3 is 10.2 Å². The van der Waals surface area contributed by atoms with E-state index in [9.17, 15) is 18.3 Å². The summed E-state index contributed by atoms with van der Waals surface area (Å²) < 4.78 is 28.9. The lowest BCUT2D eigenvalue weighted by Gasteiger charge is -2.26. The molecule has 0 bridgehead atoms. The monoisotopic (exact) mass is 416 g/mol. The predicted octanol–water partition coefficient (Wildman–Crippen LogP) is 1.89.